The van der Waals surface area contributed by atoms with Gasteiger partial charge in [0, 0.05) is 28.9 Å². The molecule has 4 atom stereocenters. The van der Waals surface area contributed by atoms with E-state index in [0.29, 0.717) is 16.3 Å². The zero-order chi connectivity index (χ0) is 24.1. The number of nitro benzene ring substituents is 1. The van der Waals surface area contributed by atoms with Gasteiger partial charge in [0.15, 0.2) is 5.78 Å². The minimum absolute atomic E-state index is 0.0623. The Labute approximate surface area is 198 Å². The molecule has 3 heterocycles. The second-order valence-electron chi connectivity index (χ2n) is 8.14. The molecule has 10 heteroatoms. The maximum Gasteiger partial charge on any atom is 0.270 e. The summed E-state index contributed by atoms with van der Waals surface area (Å²) < 4.78 is 0. The number of fused-ring (bicyclic) bond motifs is 3. The van der Waals surface area contributed by atoms with Gasteiger partial charge in [0.1, 0.15) is 6.04 Å². The molecule has 0 spiro atoms. The van der Waals surface area contributed by atoms with Gasteiger partial charge in [-0.3, -0.25) is 24.5 Å². The van der Waals surface area contributed by atoms with Crippen LogP contribution >= 0.6 is 11.6 Å². The topological polar surface area (TPSA) is 125 Å². The van der Waals surface area contributed by atoms with Gasteiger partial charge in [-0.15, -0.1) is 0 Å². The molecule has 2 fully saturated rings. The summed E-state index contributed by atoms with van der Waals surface area (Å²) >= 11 is 5.94. The molecule has 0 saturated carbocycles. The Bertz CT molecular complexity index is 1360. The van der Waals surface area contributed by atoms with Gasteiger partial charge in [-0.1, -0.05) is 23.7 Å². The van der Waals surface area contributed by atoms with Crippen molar-refractivity contribution in [1.82, 2.24) is 4.90 Å². The first-order valence-electron chi connectivity index (χ1n) is 10.3. The van der Waals surface area contributed by atoms with E-state index >= 15 is 0 Å². The number of nitro groups is 1. The van der Waals surface area contributed by atoms with Crippen molar-refractivity contribution in [3.05, 3.63) is 93.2 Å². The van der Waals surface area contributed by atoms with Gasteiger partial charge < -0.3 is 4.90 Å². The SMILES string of the molecule is N#CC1=CC2C3C(=O)N(c4ccc(Cl)cc4)C(=O)C3C(C(=O)c3cccc([N+](=O)[O-])c3)N2C=C1. The Morgan fingerprint density at radius 2 is 1.79 bits per heavy atom. The van der Waals surface area contributed by atoms with Crippen LogP contribution in [0, 0.1) is 33.3 Å². The molecule has 4 unspecified atom stereocenters. The average molecular weight is 475 g/mol. The minimum Gasteiger partial charge on any atom is -0.359 e. The fourth-order valence-corrected chi connectivity index (χ4v) is 5.04. The number of nitrogens with zero attached hydrogens (tertiary/aromatic N) is 4. The standard InChI is InChI=1S/C24H15ClN4O5/c25-15-4-6-16(7-5-15)28-23(31)19-18-10-13(12-26)8-9-27(18)21(20(19)24(28)32)22(30)14-2-1-3-17(11-14)29(33)34/h1-11,18-21H. The Kier molecular flexibility index (Phi) is 5.03. The number of ketones is 1. The van der Waals surface area contributed by atoms with Crippen molar-refractivity contribution in [2.45, 2.75) is 12.1 Å². The van der Waals surface area contributed by atoms with Gasteiger partial charge in [-0.25, -0.2) is 4.90 Å². The molecule has 2 aromatic carbocycles. The molecule has 0 aliphatic carbocycles. The van der Waals surface area contributed by atoms with Crippen LogP contribution in [0.1, 0.15) is 10.4 Å². The number of halogens is 1. The van der Waals surface area contributed by atoms with Crippen molar-refractivity contribution in [3.63, 3.8) is 0 Å². The van der Waals surface area contributed by atoms with Crippen molar-refractivity contribution in [2.24, 2.45) is 11.8 Å². The number of hydrogen-bond donors (Lipinski definition) is 0. The highest BCUT2D eigenvalue weighted by Crippen LogP contribution is 2.47. The van der Waals surface area contributed by atoms with Crippen molar-refractivity contribution in [1.29, 1.82) is 5.26 Å². The molecular formula is C24H15ClN4O5. The molecule has 5 rings (SSSR count). The van der Waals surface area contributed by atoms with Crippen LogP contribution in [0.25, 0.3) is 0 Å². The molecular weight excluding hydrogens is 460 g/mol. The van der Waals surface area contributed by atoms with E-state index in [0.717, 1.165) is 11.0 Å². The number of hydrogen-bond acceptors (Lipinski definition) is 7. The summed E-state index contributed by atoms with van der Waals surface area (Å²) in [6.45, 7) is 0. The first kappa shape index (κ1) is 21.6. The maximum absolute atomic E-state index is 13.6. The van der Waals surface area contributed by atoms with Gasteiger partial charge in [0.05, 0.1) is 40.1 Å². The highest BCUT2D eigenvalue weighted by atomic mass is 35.5. The molecule has 0 bridgehead atoms. The number of carbonyl (C=O) groups excluding carboxylic acids is 3. The molecule has 2 amide bonds. The summed E-state index contributed by atoms with van der Waals surface area (Å²) in [7, 11) is 0. The number of imide groups is 1. The van der Waals surface area contributed by atoms with E-state index in [1.807, 2.05) is 6.07 Å². The third kappa shape index (κ3) is 3.19. The molecule has 168 valence electrons. The van der Waals surface area contributed by atoms with E-state index < -0.39 is 46.4 Å². The third-order valence-corrected chi connectivity index (χ3v) is 6.62. The van der Waals surface area contributed by atoms with Crippen LogP contribution in [-0.4, -0.2) is 39.5 Å². The zero-order valence-electron chi connectivity index (χ0n) is 17.4. The molecule has 3 aliphatic rings. The lowest BCUT2D eigenvalue weighted by Crippen LogP contribution is -2.46. The van der Waals surface area contributed by atoms with E-state index in [9.17, 15) is 29.8 Å². The normalized spacial score (nSPS) is 25.0. The van der Waals surface area contributed by atoms with Gasteiger partial charge in [0.25, 0.3) is 5.69 Å². The van der Waals surface area contributed by atoms with Crippen LogP contribution in [0.4, 0.5) is 11.4 Å². The Hall–Kier alpha value is -4.29. The minimum atomic E-state index is -1.07. The lowest BCUT2D eigenvalue weighted by molar-refractivity contribution is -0.384. The number of non-ortho nitro benzene ring substituents is 1. The van der Waals surface area contributed by atoms with Crippen molar-refractivity contribution in [3.8, 4) is 6.07 Å². The number of allylic oxidation sites excluding steroid dienone is 2. The highest BCUT2D eigenvalue weighted by molar-refractivity contribution is 6.31. The number of rotatable bonds is 4. The Morgan fingerprint density at radius 3 is 2.47 bits per heavy atom. The molecule has 34 heavy (non-hydrogen) atoms. The molecule has 3 aliphatic heterocycles. The second kappa shape index (κ2) is 7.93. The number of Topliss-reactive ketones (excluding diaryl/α,β-unsaturated/α-hetero) is 1. The fourth-order valence-electron chi connectivity index (χ4n) is 4.91. The summed E-state index contributed by atoms with van der Waals surface area (Å²) in [5, 5.41) is 21.0. The fraction of sp³-hybridized carbons (Fsp3) is 0.167. The van der Waals surface area contributed by atoms with Gasteiger partial charge in [-0.05, 0) is 36.4 Å². The smallest absolute Gasteiger partial charge is 0.270 e. The molecule has 2 aromatic rings. The maximum atomic E-state index is 13.6. The summed E-state index contributed by atoms with van der Waals surface area (Å²) in [6, 6.07) is 11.8. The Morgan fingerprint density at radius 1 is 1.09 bits per heavy atom. The number of carbonyl (C=O) groups is 3. The van der Waals surface area contributed by atoms with Crippen molar-refractivity contribution >= 4 is 40.6 Å². The van der Waals surface area contributed by atoms with Crippen LogP contribution in [0.5, 0.6) is 0 Å². The average Bonchev–Trinajstić information content (AvgIpc) is 3.31. The predicted molar refractivity (Wildman–Crippen MR) is 121 cm³/mol. The first-order chi connectivity index (χ1) is 16.3. The predicted octanol–water partition coefficient (Wildman–Crippen LogP) is 3.27. The van der Waals surface area contributed by atoms with Gasteiger partial charge >= 0.3 is 0 Å². The van der Waals surface area contributed by atoms with Crippen molar-refractivity contribution < 1.29 is 19.3 Å². The first-order valence-corrected chi connectivity index (χ1v) is 10.7. The summed E-state index contributed by atoms with van der Waals surface area (Å²) in [5.74, 6) is -3.47. The highest BCUT2D eigenvalue weighted by Gasteiger charge is 2.63. The lowest BCUT2D eigenvalue weighted by atomic mass is 9.86. The van der Waals surface area contributed by atoms with Crippen LogP contribution < -0.4 is 4.90 Å². The monoisotopic (exact) mass is 474 g/mol. The molecule has 0 radical (unpaired) electrons. The molecule has 2 saturated heterocycles. The quantitative estimate of drug-likeness (QED) is 0.288. The summed E-state index contributed by atoms with van der Waals surface area (Å²) in [4.78, 5) is 54.0. The van der Waals surface area contributed by atoms with Crippen LogP contribution in [-0.2, 0) is 9.59 Å². The largest absolute Gasteiger partial charge is 0.359 e. The lowest BCUT2D eigenvalue weighted by Gasteiger charge is -2.32. The van der Waals surface area contributed by atoms with Crippen molar-refractivity contribution in [2.75, 3.05) is 4.90 Å². The zero-order valence-corrected chi connectivity index (χ0v) is 18.1. The van der Waals surface area contributed by atoms with E-state index in [2.05, 4.69) is 0 Å². The van der Waals surface area contributed by atoms with E-state index in [4.69, 9.17) is 11.6 Å². The van der Waals surface area contributed by atoms with E-state index in [1.54, 1.807) is 35.2 Å². The second-order valence-corrected chi connectivity index (χ2v) is 8.58. The van der Waals surface area contributed by atoms with Crippen LogP contribution in [0.2, 0.25) is 5.02 Å². The van der Waals surface area contributed by atoms with Gasteiger partial charge in [0.2, 0.25) is 11.8 Å². The van der Waals surface area contributed by atoms with E-state index in [1.165, 1.54) is 30.5 Å². The molecule has 0 N–H and O–H groups in total. The Balaban J connectivity index is 1.60. The number of nitriles is 1. The summed E-state index contributed by atoms with van der Waals surface area (Å²) in [6.07, 6.45) is 4.63. The molecule has 0 aromatic heterocycles. The van der Waals surface area contributed by atoms with Crippen LogP contribution in [0.15, 0.2) is 72.5 Å². The van der Waals surface area contributed by atoms with E-state index in [-0.39, 0.29) is 11.3 Å². The third-order valence-electron chi connectivity index (χ3n) is 6.37. The van der Waals surface area contributed by atoms with Crippen LogP contribution in [0.3, 0.4) is 0 Å². The number of anilines is 1. The molecule has 9 nitrogen and oxygen atoms in total. The van der Waals surface area contributed by atoms with Gasteiger partial charge in [-0.2, -0.15) is 5.26 Å². The summed E-state index contributed by atoms with van der Waals surface area (Å²) in [5.41, 5.74) is 0.452. The number of benzene rings is 2. The number of amides is 2.